The molecule has 3 aromatic carbocycles. The van der Waals surface area contributed by atoms with Gasteiger partial charge in [-0.05, 0) is 65.8 Å². The molecule has 3 N–H and O–H groups in total. The first-order chi connectivity index (χ1) is 15.4. The minimum Gasteiger partial charge on any atom is -0.505 e. The summed E-state index contributed by atoms with van der Waals surface area (Å²) in [6.07, 6.45) is 2.32. The van der Waals surface area contributed by atoms with E-state index in [1.54, 1.807) is 30.3 Å². The highest BCUT2D eigenvalue weighted by Crippen LogP contribution is 2.34. The van der Waals surface area contributed by atoms with Gasteiger partial charge in [0.25, 0.3) is 0 Å². The molecule has 1 saturated carbocycles. The van der Waals surface area contributed by atoms with Gasteiger partial charge in [-0.15, -0.1) is 0 Å². The van der Waals surface area contributed by atoms with Gasteiger partial charge in [0.1, 0.15) is 5.75 Å². The smallest absolute Gasteiger partial charge is 0.336 e. The Balaban J connectivity index is 1.62. The maximum Gasteiger partial charge on any atom is 0.336 e. The molecular formula is C26H24FNO4. The summed E-state index contributed by atoms with van der Waals surface area (Å²) in [4.78, 5) is 11.7. The summed E-state index contributed by atoms with van der Waals surface area (Å²) in [6.45, 7) is 5.04. The van der Waals surface area contributed by atoms with Crippen molar-refractivity contribution in [2.45, 2.75) is 19.4 Å². The summed E-state index contributed by atoms with van der Waals surface area (Å²) in [7, 11) is 0. The molecule has 0 amide bonds. The van der Waals surface area contributed by atoms with Gasteiger partial charge in [0.05, 0.1) is 12.2 Å². The van der Waals surface area contributed by atoms with E-state index in [1.165, 1.54) is 12.1 Å². The number of carbonyl (C=O) groups is 1. The van der Waals surface area contributed by atoms with Crippen LogP contribution in [0.1, 0.15) is 34.3 Å². The number of benzene rings is 3. The number of rotatable bonds is 9. The van der Waals surface area contributed by atoms with Gasteiger partial charge in [0, 0.05) is 17.8 Å². The normalized spacial score (nSPS) is 12.9. The number of carboxylic acids is 1. The second-order valence-corrected chi connectivity index (χ2v) is 7.93. The largest absolute Gasteiger partial charge is 0.505 e. The zero-order chi connectivity index (χ0) is 22.7. The van der Waals surface area contributed by atoms with E-state index in [-0.39, 0.29) is 5.56 Å². The molecule has 32 heavy (non-hydrogen) atoms. The van der Waals surface area contributed by atoms with Crippen LogP contribution >= 0.6 is 0 Å². The number of ether oxygens (including phenoxy) is 1. The molecular weight excluding hydrogens is 409 g/mol. The van der Waals surface area contributed by atoms with Crippen molar-refractivity contribution < 1.29 is 24.1 Å². The predicted octanol–water partition coefficient (Wildman–Crippen LogP) is 5.45. The second-order valence-electron chi connectivity index (χ2n) is 7.93. The van der Waals surface area contributed by atoms with Crippen molar-refractivity contribution in [1.82, 2.24) is 5.32 Å². The Morgan fingerprint density at radius 3 is 2.59 bits per heavy atom. The third-order valence-corrected chi connectivity index (χ3v) is 5.46. The van der Waals surface area contributed by atoms with Crippen molar-refractivity contribution in [1.29, 1.82) is 0 Å². The molecule has 5 nitrogen and oxygen atoms in total. The Morgan fingerprint density at radius 1 is 1.09 bits per heavy atom. The van der Waals surface area contributed by atoms with E-state index < -0.39 is 17.5 Å². The van der Waals surface area contributed by atoms with Crippen LogP contribution in [0.25, 0.3) is 16.8 Å². The van der Waals surface area contributed by atoms with Crippen LogP contribution in [-0.2, 0) is 6.54 Å². The molecule has 4 rings (SSSR count). The number of carboxylic acid groups (broad SMARTS) is 1. The minimum absolute atomic E-state index is 0.211. The summed E-state index contributed by atoms with van der Waals surface area (Å²) in [5.41, 5.74) is 3.47. The second kappa shape index (κ2) is 9.14. The van der Waals surface area contributed by atoms with Gasteiger partial charge in [0.2, 0.25) is 0 Å². The number of hydrogen-bond acceptors (Lipinski definition) is 4. The number of halogens is 1. The molecule has 164 valence electrons. The first kappa shape index (κ1) is 21.4. The van der Waals surface area contributed by atoms with Crippen LogP contribution in [-0.4, -0.2) is 22.8 Å². The van der Waals surface area contributed by atoms with E-state index in [2.05, 4.69) is 11.9 Å². The Labute approximate surface area is 185 Å². The van der Waals surface area contributed by atoms with Crippen molar-refractivity contribution in [3.05, 3.63) is 89.8 Å². The highest BCUT2D eigenvalue weighted by atomic mass is 19.1. The number of hydrogen-bond donors (Lipinski definition) is 3. The summed E-state index contributed by atoms with van der Waals surface area (Å²) < 4.78 is 19.7. The molecule has 3 aromatic rings. The van der Waals surface area contributed by atoms with Crippen molar-refractivity contribution in [3.63, 3.8) is 0 Å². The molecule has 0 unspecified atom stereocenters. The van der Waals surface area contributed by atoms with E-state index in [0.717, 1.165) is 18.4 Å². The maximum atomic E-state index is 13.6. The quantitative estimate of drug-likeness (QED) is 0.418. The van der Waals surface area contributed by atoms with Crippen molar-refractivity contribution in [2.75, 3.05) is 6.61 Å². The van der Waals surface area contributed by atoms with Crippen molar-refractivity contribution in [3.8, 4) is 22.6 Å². The molecule has 0 atom stereocenters. The minimum atomic E-state index is -0.998. The topological polar surface area (TPSA) is 78.8 Å². The Morgan fingerprint density at radius 2 is 1.88 bits per heavy atom. The van der Waals surface area contributed by atoms with E-state index in [0.29, 0.717) is 47.2 Å². The monoisotopic (exact) mass is 433 g/mol. The fourth-order valence-electron chi connectivity index (χ4n) is 3.44. The van der Waals surface area contributed by atoms with Crippen LogP contribution in [0.5, 0.6) is 11.5 Å². The number of phenols is 1. The number of phenolic OH excluding ortho intramolecular Hbond substituents is 1. The summed E-state index contributed by atoms with van der Waals surface area (Å²) >= 11 is 0. The summed E-state index contributed by atoms with van der Waals surface area (Å²) in [5, 5.41) is 22.1. The molecule has 0 radical (unpaired) electrons. The first-order valence-electron chi connectivity index (χ1n) is 10.4. The lowest BCUT2D eigenvalue weighted by atomic mass is 9.97. The summed E-state index contributed by atoms with van der Waals surface area (Å²) in [5.74, 6) is -0.856. The zero-order valence-electron chi connectivity index (χ0n) is 17.5. The lowest BCUT2D eigenvalue weighted by Crippen LogP contribution is -2.13. The number of aromatic carboxylic acids is 1. The molecule has 1 aliphatic rings. The van der Waals surface area contributed by atoms with Gasteiger partial charge in [-0.2, -0.15) is 0 Å². The molecule has 1 aliphatic carbocycles. The van der Waals surface area contributed by atoms with Crippen LogP contribution < -0.4 is 10.1 Å². The Kier molecular flexibility index (Phi) is 6.12. The standard InChI is InChI=1S/C26H24FNO4/c1-16(28-14-18-8-10-24(29)23(27)12-18)22-13-19(9-11-25(22)32-15-17-6-7-17)20-4-2-3-5-21(20)26(30)31/h2-5,8-13,17,28-29H,1,6-7,14-15H2,(H,30,31). The fourth-order valence-corrected chi connectivity index (χ4v) is 3.44. The van der Waals surface area contributed by atoms with Gasteiger partial charge in [-0.1, -0.05) is 36.9 Å². The summed E-state index contributed by atoms with van der Waals surface area (Å²) in [6, 6.07) is 16.6. The Bertz CT molecular complexity index is 1170. The van der Waals surface area contributed by atoms with Gasteiger partial charge >= 0.3 is 5.97 Å². The lowest BCUT2D eigenvalue weighted by Gasteiger charge is -2.17. The average Bonchev–Trinajstić information content (AvgIpc) is 3.62. The van der Waals surface area contributed by atoms with E-state index >= 15 is 0 Å². The van der Waals surface area contributed by atoms with Gasteiger partial charge in [0.15, 0.2) is 11.6 Å². The highest BCUT2D eigenvalue weighted by molar-refractivity contribution is 5.96. The highest BCUT2D eigenvalue weighted by Gasteiger charge is 2.23. The third kappa shape index (κ3) is 4.91. The predicted molar refractivity (Wildman–Crippen MR) is 121 cm³/mol. The number of nitrogens with one attached hydrogen (secondary N) is 1. The van der Waals surface area contributed by atoms with E-state index in [9.17, 15) is 19.4 Å². The molecule has 0 aliphatic heterocycles. The number of aromatic hydroxyl groups is 1. The molecule has 0 bridgehead atoms. The fraction of sp³-hybridized carbons (Fsp3) is 0.192. The van der Waals surface area contributed by atoms with Gasteiger partial charge in [-0.25, -0.2) is 9.18 Å². The first-order valence-corrected chi connectivity index (χ1v) is 10.4. The van der Waals surface area contributed by atoms with Gasteiger partial charge in [-0.3, -0.25) is 0 Å². The van der Waals surface area contributed by atoms with Crippen LogP contribution in [0.4, 0.5) is 4.39 Å². The van der Waals surface area contributed by atoms with E-state index in [4.69, 9.17) is 4.74 Å². The molecule has 1 fully saturated rings. The van der Waals surface area contributed by atoms with Crippen LogP contribution in [0.3, 0.4) is 0 Å². The Hall–Kier alpha value is -3.80. The van der Waals surface area contributed by atoms with E-state index in [1.807, 2.05) is 18.2 Å². The molecule has 0 saturated heterocycles. The average molecular weight is 433 g/mol. The lowest BCUT2D eigenvalue weighted by molar-refractivity contribution is 0.0697. The SMILES string of the molecule is C=C(NCc1ccc(O)c(F)c1)c1cc(-c2ccccc2C(=O)O)ccc1OCC1CC1. The van der Waals surface area contributed by atoms with Gasteiger partial charge < -0.3 is 20.3 Å². The van der Waals surface area contributed by atoms with Crippen LogP contribution in [0.2, 0.25) is 0 Å². The molecule has 0 heterocycles. The third-order valence-electron chi connectivity index (χ3n) is 5.46. The van der Waals surface area contributed by atoms with Crippen LogP contribution in [0, 0.1) is 11.7 Å². The molecule has 0 aromatic heterocycles. The molecule has 6 heteroatoms. The van der Waals surface area contributed by atoms with Crippen molar-refractivity contribution >= 4 is 11.7 Å². The van der Waals surface area contributed by atoms with Crippen LogP contribution in [0.15, 0.2) is 67.2 Å². The zero-order valence-corrected chi connectivity index (χ0v) is 17.5. The maximum absolute atomic E-state index is 13.6. The molecule has 0 spiro atoms. The van der Waals surface area contributed by atoms with Crippen molar-refractivity contribution in [2.24, 2.45) is 5.92 Å².